The molecule has 3 N–H and O–H groups in total. The first-order chi connectivity index (χ1) is 8.97. The van der Waals surface area contributed by atoms with E-state index in [1.807, 2.05) is 0 Å². The van der Waals surface area contributed by atoms with Crippen molar-refractivity contribution in [3.05, 3.63) is 57.3 Å². The van der Waals surface area contributed by atoms with Gasteiger partial charge in [0.25, 0.3) is 5.91 Å². The molecule has 0 unspecified atom stereocenters. The number of benzene rings is 2. The molecule has 2 aromatic carbocycles. The van der Waals surface area contributed by atoms with Gasteiger partial charge in [0.15, 0.2) is 0 Å². The number of carbonyl (C=O) groups is 1. The molecule has 0 bridgehead atoms. The molecule has 3 nitrogen and oxygen atoms in total. The van der Waals surface area contributed by atoms with Gasteiger partial charge in [0.1, 0.15) is 5.82 Å². The van der Waals surface area contributed by atoms with Crippen LogP contribution in [0.25, 0.3) is 0 Å². The highest BCUT2D eigenvalue weighted by molar-refractivity contribution is 9.10. The minimum Gasteiger partial charge on any atom is -0.399 e. The normalized spacial score (nSPS) is 10.3. The second-order valence-electron chi connectivity index (χ2n) is 3.82. The number of nitrogens with two attached hydrogens (primary N) is 1. The topological polar surface area (TPSA) is 55.1 Å². The van der Waals surface area contributed by atoms with E-state index in [4.69, 9.17) is 17.3 Å². The molecule has 0 aliphatic rings. The molecule has 0 aromatic heterocycles. The predicted octanol–water partition coefficient (Wildman–Crippen LogP) is 4.08. The number of hydrogen-bond donors (Lipinski definition) is 2. The molecule has 0 heterocycles. The van der Waals surface area contributed by atoms with Gasteiger partial charge in [-0.1, -0.05) is 11.6 Å². The van der Waals surface area contributed by atoms with Crippen LogP contribution >= 0.6 is 27.5 Å². The molecule has 0 spiro atoms. The maximum absolute atomic E-state index is 13.5. The standard InChI is InChI=1S/C13H9BrClFN2O/c14-10-3-2-8(6-11(10)15)18-13(19)9-5-7(17)1-4-12(9)16/h1-6H,17H2,(H,18,19). The summed E-state index contributed by atoms with van der Waals surface area (Å²) < 4.78 is 14.2. The van der Waals surface area contributed by atoms with Crippen molar-refractivity contribution >= 4 is 44.8 Å². The molecule has 0 aliphatic heterocycles. The van der Waals surface area contributed by atoms with Crippen LogP contribution in [0.15, 0.2) is 40.9 Å². The van der Waals surface area contributed by atoms with Crippen LogP contribution in [0.3, 0.4) is 0 Å². The third-order valence-electron chi connectivity index (χ3n) is 2.41. The highest BCUT2D eigenvalue weighted by Crippen LogP contribution is 2.26. The van der Waals surface area contributed by atoms with Crippen molar-refractivity contribution in [2.45, 2.75) is 0 Å². The van der Waals surface area contributed by atoms with Gasteiger partial charge >= 0.3 is 0 Å². The Labute approximate surface area is 122 Å². The van der Waals surface area contributed by atoms with Crippen LogP contribution in [0.5, 0.6) is 0 Å². The smallest absolute Gasteiger partial charge is 0.258 e. The van der Waals surface area contributed by atoms with Gasteiger partial charge in [-0.05, 0) is 52.3 Å². The summed E-state index contributed by atoms with van der Waals surface area (Å²) in [6, 6.07) is 8.73. The number of carbonyl (C=O) groups excluding carboxylic acids is 1. The molecule has 98 valence electrons. The summed E-state index contributed by atoms with van der Waals surface area (Å²) in [7, 11) is 0. The number of halogens is 3. The van der Waals surface area contributed by atoms with Crippen LogP contribution in [0.2, 0.25) is 5.02 Å². The third-order valence-corrected chi connectivity index (χ3v) is 3.64. The van der Waals surface area contributed by atoms with E-state index in [9.17, 15) is 9.18 Å². The maximum atomic E-state index is 13.5. The van der Waals surface area contributed by atoms with E-state index in [-0.39, 0.29) is 5.56 Å². The molecule has 19 heavy (non-hydrogen) atoms. The SMILES string of the molecule is Nc1ccc(F)c(C(=O)Nc2ccc(Br)c(Cl)c2)c1. The molecular weight excluding hydrogens is 335 g/mol. The monoisotopic (exact) mass is 342 g/mol. The highest BCUT2D eigenvalue weighted by atomic mass is 79.9. The lowest BCUT2D eigenvalue weighted by Gasteiger charge is -2.07. The summed E-state index contributed by atoms with van der Waals surface area (Å²) in [6.07, 6.45) is 0. The van der Waals surface area contributed by atoms with Gasteiger partial charge in [0, 0.05) is 15.8 Å². The van der Waals surface area contributed by atoms with E-state index in [0.717, 1.165) is 6.07 Å². The fraction of sp³-hybridized carbons (Fsp3) is 0. The molecular formula is C13H9BrClFN2O. The Morgan fingerprint density at radius 3 is 2.68 bits per heavy atom. The first-order valence-corrected chi connectivity index (χ1v) is 6.46. The zero-order valence-corrected chi connectivity index (χ0v) is 11.9. The van der Waals surface area contributed by atoms with Crippen LogP contribution in [0.1, 0.15) is 10.4 Å². The molecule has 0 atom stereocenters. The van der Waals surface area contributed by atoms with Crippen LogP contribution in [-0.4, -0.2) is 5.91 Å². The van der Waals surface area contributed by atoms with E-state index in [0.29, 0.717) is 20.9 Å². The van der Waals surface area contributed by atoms with Crippen molar-refractivity contribution < 1.29 is 9.18 Å². The Bertz CT molecular complexity index is 649. The van der Waals surface area contributed by atoms with Gasteiger partial charge in [-0.25, -0.2) is 4.39 Å². The maximum Gasteiger partial charge on any atom is 0.258 e. The van der Waals surface area contributed by atoms with Crippen LogP contribution in [0.4, 0.5) is 15.8 Å². The second kappa shape index (κ2) is 5.59. The van der Waals surface area contributed by atoms with Crippen molar-refractivity contribution in [3.8, 4) is 0 Å². The van der Waals surface area contributed by atoms with E-state index in [1.54, 1.807) is 18.2 Å². The van der Waals surface area contributed by atoms with Crippen molar-refractivity contribution in [3.63, 3.8) is 0 Å². The molecule has 2 rings (SSSR count). The molecule has 1 amide bonds. The zero-order valence-electron chi connectivity index (χ0n) is 9.58. The molecule has 6 heteroatoms. The Hall–Kier alpha value is -1.59. The average molecular weight is 344 g/mol. The van der Waals surface area contributed by atoms with E-state index < -0.39 is 11.7 Å². The van der Waals surface area contributed by atoms with Gasteiger partial charge in [0.05, 0.1) is 10.6 Å². The van der Waals surface area contributed by atoms with Gasteiger partial charge in [0.2, 0.25) is 0 Å². The summed E-state index contributed by atoms with van der Waals surface area (Å²) in [5.74, 6) is -1.21. The van der Waals surface area contributed by atoms with Crippen LogP contribution in [0, 0.1) is 5.82 Å². The summed E-state index contributed by atoms with van der Waals surface area (Å²) in [5.41, 5.74) is 6.21. The lowest BCUT2D eigenvalue weighted by molar-refractivity contribution is 0.102. The van der Waals surface area contributed by atoms with Gasteiger partial charge in [-0.15, -0.1) is 0 Å². The Morgan fingerprint density at radius 2 is 2.00 bits per heavy atom. The molecule has 0 radical (unpaired) electrons. The summed E-state index contributed by atoms with van der Waals surface area (Å²) in [4.78, 5) is 11.9. The van der Waals surface area contributed by atoms with E-state index >= 15 is 0 Å². The number of amides is 1. The first kappa shape index (κ1) is 13.8. The minimum absolute atomic E-state index is 0.112. The molecule has 0 aliphatic carbocycles. The number of rotatable bonds is 2. The number of hydrogen-bond acceptors (Lipinski definition) is 2. The van der Waals surface area contributed by atoms with Crippen LogP contribution < -0.4 is 11.1 Å². The molecule has 2 aromatic rings. The van der Waals surface area contributed by atoms with Crippen molar-refractivity contribution in [1.29, 1.82) is 0 Å². The Balaban J connectivity index is 2.25. The summed E-state index contributed by atoms with van der Waals surface area (Å²) in [6.45, 7) is 0. The van der Waals surface area contributed by atoms with Gasteiger partial charge < -0.3 is 11.1 Å². The first-order valence-electron chi connectivity index (χ1n) is 5.29. The lowest BCUT2D eigenvalue weighted by Crippen LogP contribution is -2.14. The number of nitrogen functional groups attached to an aromatic ring is 1. The molecule has 0 fully saturated rings. The van der Waals surface area contributed by atoms with Gasteiger partial charge in [-0.3, -0.25) is 4.79 Å². The molecule has 0 saturated carbocycles. The van der Waals surface area contributed by atoms with Gasteiger partial charge in [-0.2, -0.15) is 0 Å². The Kier molecular flexibility index (Phi) is 4.07. The van der Waals surface area contributed by atoms with E-state index in [2.05, 4.69) is 21.2 Å². The van der Waals surface area contributed by atoms with Crippen molar-refractivity contribution in [2.75, 3.05) is 11.1 Å². The third kappa shape index (κ3) is 3.24. The second-order valence-corrected chi connectivity index (χ2v) is 5.08. The highest BCUT2D eigenvalue weighted by Gasteiger charge is 2.12. The van der Waals surface area contributed by atoms with Crippen molar-refractivity contribution in [1.82, 2.24) is 0 Å². The summed E-state index contributed by atoms with van der Waals surface area (Å²) in [5, 5.41) is 3.00. The fourth-order valence-electron chi connectivity index (χ4n) is 1.49. The van der Waals surface area contributed by atoms with E-state index in [1.165, 1.54) is 12.1 Å². The number of nitrogens with one attached hydrogen (secondary N) is 1. The quantitative estimate of drug-likeness (QED) is 0.807. The fourth-order valence-corrected chi connectivity index (χ4v) is 1.92. The largest absolute Gasteiger partial charge is 0.399 e. The van der Waals surface area contributed by atoms with Crippen LogP contribution in [-0.2, 0) is 0 Å². The molecule has 0 saturated heterocycles. The van der Waals surface area contributed by atoms with Crippen molar-refractivity contribution in [2.24, 2.45) is 0 Å². The number of anilines is 2. The average Bonchev–Trinajstić information content (AvgIpc) is 2.36. The predicted molar refractivity (Wildman–Crippen MR) is 77.9 cm³/mol. The minimum atomic E-state index is -0.630. The zero-order chi connectivity index (χ0) is 14.0. The Morgan fingerprint density at radius 1 is 1.26 bits per heavy atom. The lowest BCUT2D eigenvalue weighted by atomic mass is 10.1. The summed E-state index contributed by atoms with van der Waals surface area (Å²) >= 11 is 9.15.